The Balaban J connectivity index is 2.10. The summed E-state index contributed by atoms with van der Waals surface area (Å²) in [6, 6.07) is 9.59. The van der Waals surface area contributed by atoms with Crippen LogP contribution in [0.5, 0.6) is 0 Å². The highest BCUT2D eigenvalue weighted by Gasteiger charge is 2.23. The number of hydrogen-bond donors (Lipinski definition) is 1. The molecule has 2 nitrogen and oxygen atoms in total. The van der Waals surface area contributed by atoms with Crippen molar-refractivity contribution in [2.75, 3.05) is 13.2 Å². The summed E-state index contributed by atoms with van der Waals surface area (Å²) in [6.45, 7) is 8.33. The molecule has 118 valence electrons. The summed E-state index contributed by atoms with van der Waals surface area (Å²) in [5.74, 6) is 0.815. The fourth-order valence-corrected chi connectivity index (χ4v) is 3.14. The molecule has 0 aromatic heterocycles. The van der Waals surface area contributed by atoms with E-state index in [2.05, 4.69) is 50.4 Å². The molecule has 1 saturated carbocycles. The van der Waals surface area contributed by atoms with E-state index in [0.717, 1.165) is 31.9 Å². The van der Waals surface area contributed by atoms with Gasteiger partial charge in [0.15, 0.2) is 0 Å². The lowest BCUT2D eigenvalue weighted by atomic mass is 9.79. The van der Waals surface area contributed by atoms with Gasteiger partial charge in [0.05, 0.1) is 12.1 Å². The van der Waals surface area contributed by atoms with Crippen molar-refractivity contribution in [1.82, 2.24) is 5.32 Å². The minimum Gasteiger partial charge on any atom is -0.377 e. The van der Waals surface area contributed by atoms with Crippen molar-refractivity contribution in [3.63, 3.8) is 0 Å². The molecule has 2 rings (SSSR count). The zero-order valence-electron chi connectivity index (χ0n) is 13.9. The molecule has 1 aliphatic rings. The normalized spacial score (nSPS) is 18.2. The largest absolute Gasteiger partial charge is 0.377 e. The van der Waals surface area contributed by atoms with Crippen LogP contribution in [0.2, 0.25) is 0 Å². The molecule has 2 heteroatoms. The summed E-state index contributed by atoms with van der Waals surface area (Å²) >= 11 is 0. The Kier molecular flexibility index (Phi) is 6.72. The van der Waals surface area contributed by atoms with Gasteiger partial charge in [0, 0.05) is 6.61 Å². The molecule has 1 aromatic rings. The van der Waals surface area contributed by atoms with Gasteiger partial charge in [-0.2, -0.15) is 0 Å². The van der Waals surface area contributed by atoms with Crippen LogP contribution in [0.4, 0.5) is 0 Å². The molecule has 0 bridgehead atoms. The average Bonchev–Trinajstić information content (AvgIpc) is 2.46. The Morgan fingerprint density at radius 2 is 1.86 bits per heavy atom. The Bertz CT molecular complexity index is 397. The predicted molar refractivity (Wildman–Crippen MR) is 89.8 cm³/mol. The lowest BCUT2D eigenvalue weighted by molar-refractivity contribution is 0.0314. The molecule has 0 heterocycles. The van der Waals surface area contributed by atoms with Crippen molar-refractivity contribution in [2.45, 2.75) is 70.9 Å². The summed E-state index contributed by atoms with van der Waals surface area (Å²) in [4.78, 5) is 0. The van der Waals surface area contributed by atoms with E-state index in [0.29, 0.717) is 6.04 Å². The van der Waals surface area contributed by atoms with Gasteiger partial charge in [-0.3, -0.25) is 0 Å². The van der Waals surface area contributed by atoms with Crippen LogP contribution in [0.1, 0.15) is 76.0 Å². The van der Waals surface area contributed by atoms with Crippen LogP contribution in [0.3, 0.4) is 0 Å². The fourth-order valence-electron chi connectivity index (χ4n) is 3.14. The Labute approximate surface area is 130 Å². The molecule has 0 amide bonds. The van der Waals surface area contributed by atoms with Gasteiger partial charge in [0.2, 0.25) is 0 Å². The smallest absolute Gasteiger partial charge is 0.0766 e. The molecular weight excluding hydrogens is 258 g/mol. The second-order valence-electron chi connectivity index (χ2n) is 6.13. The molecule has 1 N–H and O–H groups in total. The van der Waals surface area contributed by atoms with Gasteiger partial charge in [-0.1, -0.05) is 44.5 Å². The molecule has 1 aromatic carbocycles. The van der Waals surface area contributed by atoms with E-state index in [1.807, 2.05) is 0 Å². The standard InChI is InChI=1S/C19H31NO/c1-4-14-20-19(18(5-2)21-6-3)17-12-10-16(11-13-17)15-8-7-9-15/h10-13,15,18-20H,4-9,14H2,1-3H3. The third-order valence-corrected chi connectivity index (χ3v) is 4.64. The molecular formula is C19H31NO. The summed E-state index contributed by atoms with van der Waals surface area (Å²) in [5.41, 5.74) is 2.88. The zero-order valence-corrected chi connectivity index (χ0v) is 13.9. The Morgan fingerprint density at radius 1 is 1.14 bits per heavy atom. The fraction of sp³-hybridized carbons (Fsp3) is 0.684. The lowest BCUT2D eigenvalue weighted by Gasteiger charge is -2.29. The van der Waals surface area contributed by atoms with Crippen LogP contribution in [-0.2, 0) is 4.74 Å². The first-order valence-corrected chi connectivity index (χ1v) is 8.74. The molecule has 2 atom stereocenters. The number of nitrogens with one attached hydrogen (secondary N) is 1. The van der Waals surface area contributed by atoms with Crippen molar-refractivity contribution in [3.05, 3.63) is 35.4 Å². The SMILES string of the molecule is CCCNC(c1ccc(C2CCC2)cc1)C(CC)OCC. The van der Waals surface area contributed by atoms with E-state index >= 15 is 0 Å². The Hall–Kier alpha value is -0.860. The van der Waals surface area contributed by atoms with Gasteiger partial charge in [0.25, 0.3) is 0 Å². The number of ether oxygens (including phenoxy) is 1. The summed E-state index contributed by atoms with van der Waals surface area (Å²) in [6.07, 6.45) is 6.59. The Morgan fingerprint density at radius 3 is 2.33 bits per heavy atom. The third kappa shape index (κ3) is 4.31. The number of rotatable bonds is 9. The van der Waals surface area contributed by atoms with Gasteiger partial charge >= 0.3 is 0 Å². The second-order valence-corrected chi connectivity index (χ2v) is 6.13. The highest BCUT2D eigenvalue weighted by atomic mass is 16.5. The van der Waals surface area contributed by atoms with Crippen molar-refractivity contribution in [1.29, 1.82) is 0 Å². The van der Waals surface area contributed by atoms with Crippen LogP contribution in [0.25, 0.3) is 0 Å². The van der Waals surface area contributed by atoms with Crippen molar-refractivity contribution < 1.29 is 4.74 Å². The van der Waals surface area contributed by atoms with E-state index in [9.17, 15) is 0 Å². The van der Waals surface area contributed by atoms with Gasteiger partial charge in [0.1, 0.15) is 0 Å². The molecule has 21 heavy (non-hydrogen) atoms. The van der Waals surface area contributed by atoms with E-state index in [1.165, 1.54) is 30.4 Å². The summed E-state index contributed by atoms with van der Waals surface area (Å²) in [7, 11) is 0. The molecule has 1 aliphatic carbocycles. The van der Waals surface area contributed by atoms with Crippen LogP contribution in [0, 0.1) is 0 Å². The minimum absolute atomic E-state index is 0.260. The van der Waals surface area contributed by atoms with E-state index < -0.39 is 0 Å². The van der Waals surface area contributed by atoms with E-state index in [4.69, 9.17) is 4.74 Å². The van der Waals surface area contributed by atoms with Gasteiger partial charge in [-0.05, 0) is 56.2 Å². The first-order valence-electron chi connectivity index (χ1n) is 8.74. The number of hydrogen-bond acceptors (Lipinski definition) is 2. The van der Waals surface area contributed by atoms with E-state index in [-0.39, 0.29) is 6.10 Å². The maximum Gasteiger partial charge on any atom is 0.0766 e. The molecule has 0 aliphatic heterocycles. The third-order valence-electron chi connectivity index (χ3n) is 4.64. The highest BCUT2D eigenvalue weighted by molar-refractivity contribution is 5.29. The van der Waals surface area contributed by atoms with Gasteiger partial charge in [-0.25, -0.2) is 0 Å². The minimum atomic E-state index is 0.260. The van der Waals surface area contributed by atoms with E-state index in [1.54, 1.807) is 0 Å². The van der Waals surface area contributed by atoms with Crippen molar-refractivity contribution >= 4 is 0 Å². The molecule has 1 fully saturated rings. The maximum atomic E-state index is 5.95. The van der Waals surface area contributed by atoms with Gasteiger partial charge in [-0.15, -0.1) is 0 Å². The molecule has 2 unspecified atom stereocenters. The second kappa shape index (κ2) is 8.55. The predicted octanol–water partition coefficient (Wildman–Crippen LogP) is 4.81. The average molecular weight is 289 g/mol. The van der Waals surface area contributed by atoms with Crippen molar-refractivity contribution in [2.24, 2.45) is 0 Å². The zero-order chi connectivity index (χ0) is 15.1. The topological polar surface area (TPSA) is 21.3 Å². The van der Waals surface area contributed by atoms with Crippen LogP contribution in [0.15, 0.2) is 24.3 Å². The van der Waals surface area contributed by atoms with Gasteiger partial charge < -0.3 is 10.1 Å². The molecule has 0 saturated heterocycles. The van der Waals surface area contributed by atoms with Crippen LogP contribution >= 0.6 is 0 Å². The molecule has 0 radical (unpaired) electrons. The summed E-state index contributed by atoms with van der Waals surface area (Å²) in [5, 5.41) is 3.67. The van der Waals surface area contributed by atoms with Crippen LogP contribution < -0.4 is 5.32 Å². The monoisotopic (exact) mass is 289 g/mol. The molecule has 0 spiro atoms. The highest BCUT2D eigenvalue weighted by Crippen LogP contribution is 2.36. The first-order chi connectivity index (χ1) is 10.3. The first kappa shape index (κ1) is 16.5. The quantitative estimate of drug-likeness (QED) is 0.704. The lowest BCUT2D eigenvalue weighted by Crippen LogP contribution is -2.34. The number of benzene rings is 1. The maximum absolute atomic E-state index is 5.95. The summed E-state index contributed by atoms with van der Waals surface area (Å²) < 4.78 is 5.95. The van der Waals surface area contributed by atoms with Crippen molar-refractivity contribution in [3.8, 4) is 0 Å². The van der Waals surface area contributed by atoms with Crippen LogP contribution in [-0.4, -0.2) is 19.3 Å².